The van der Waals surface area contributed by atoms with Gasteiger partial charge in [0.25, 0.3) is 11.8 Å². The van der Waals surface area contributed by atoms with Crippen molar-refractivity contribution < 1.29 is 19.2 Å². The van der Waals surface area contributed by atoms with Crippen LogP contribution in [0.3, 0.4) is 0 Å². The number of nitrogens with one attached hydrogen (secondary N) is 2. The van der Waals surface area contributed by atoms with Crippen LogP contribution in [-0.4, -0.2) is 46.7 Å². The summed E-state index contributed by atoms with van der Waals surface area (Å²) in [4.78, 5) is 50.3. The summed E-state index contributed by atoms with van der Waals surface area (Å²) in [6.07, 6.45) is 4.78. The van der Waals surface area contributed by atoms with Gasteiger partial charge in [-0.25, -0.2) is 0 Å². The van der Waals surface area contributed by atoms with Crippen molar-refractivity contribution in [2.24, 2.45) is 17.6 Å². The number of amides is 4. The molecule has 29 heavy (non-hydrogen) atoms. The van der Waals surface area contributed by atoms with Crippen molar-refractivity contribution >= 4 is 29.3 Å². The molecule has 1 aromatic carbocycles. The standard InChI is InChI=1S/C21H24N4O4/c22-15-7-10-1-3-13(15)16(8-10)23-11-2-4-12-14(9-11)21(29)25(20(12)28)17-5-6-18(26)24-19(17)27/h2,4,9-10,13,15-17,23H,1,3,5-8,22H2,(H,24,26,27)/t10-,13+,15-,16+,17?/m1/s1. The molecule has 1 aromatic rings. The Morgan fingerprint density at radius 2 is 1.79 bits per heavy atom. The Kier molecular flexibility index (Phi) is 4.20. The molecule has 4 N–H and O–H groups in total. The van der Waals surface area contributed by atoms with E-state index in [9.17, 15) is 19.2 Å². The molecule has 4 fully saturated rings. The number of benzene rings is 1. The van der Waals surface area contributed by atoms with Gasteiger partial charge in [0.2, 0.25) is 11.8 Å². The average Bonchev–Trinajstić information content (AvgIpc) is 2.93. The van der Waals surface area contributed by atoms with Gasteiger partial charge in [0.1, 0.15) is 6.04 Å². The normalized spacial score (nSPS) is 33.7. The fraction of sp³-hybridized carbons (Fsp3) is 0.524. The van der Waals surface area contributed by atoms with E-state index in [4.69, 9.17) is 5.73 Å². The first kappa shape index (κ1) is 18.3. The third kappa shape index (κ3) is 2.93. The van der Waals surface area contributed by atoms with Gasteiger partial charge >= 0.3 is 0 Å². The van der Waals surface area contributed by atoms with Gasteiger partial charge in [-0.2, -0.15) is 0 Å². The zero-order valence-corrected chi connectivity index (χ0v) is 16.0. The molecule has 3 aliphatic carbocycles. The van der Waals surface area contributed by atoms with Gasteiger partial charge < -0.3 is 11.1 Å². The Hall–Kier alpha value is -2.74. The first-order chi connectivity index (χ1) is 13.9. The monoisotopic (exact) mass is 396 g/mol. The number of imide groups is 2. The average molecular weight is 396 g/mol. The van der Waals surface area contributed by atoms with Crippen LogP contribution in [0.15, 0.2) is 18.2 Å². The van der Waals surface area contributed by atoms with Gasteiger partial charge in [-0.1, -0.05) is 0 Å². The van der Waals surface area contributed by atoms with E-state index in [1.54, 1.807) is 12.1 Å². The quantitative estimate of drug-likeness (QED) is 0.656. The highest BCUT2D eigenvalue weighted by Gasteiger charge is 2.45. The van der Waals surface area contributed by atoms with Crippen LogP contribution in [0, 0.1) is 11.8 Å². The van der Waals surface area contributed by atoms with Gasteiger partial charge in [-0.3, -0.25) is 29.4 Å². The zero-order chi connectivity index (χ0) is 20.3. The van der Waals surface area contributed by atoms with Gasteiger partial charge in [0, 0.05) is 24.2 Å². The van der Waals surface area contributed by atoms with Crippen molar-refractivity contribution in [2.75, 3.05) is 5.32 Å². The molecule has 5 aliphatic rings. The van der Waals surface area contributed by atoms with Gasteiger partial charge in [-0.15, -0.1) is 0 Å². The van der Waals surface area contributed by atoms with Crippen molar-refractivity contribution in [1.29, 1.82) is 0 Å². The molecule has 4 amide bonds. The van der Waals surface area contributed by atoms with Crippen molar-refractivity contribution in [3.8, 4) is 0 Å². The molecule has 3 saturated carbocycles. The summed E-state index contributed by atoms with van der Waals surface area (Å²) in [5.74, 6) is -0.871. The van der Waals surface area contributed by atoms with E-state index >= 15 is 0 Å². The maximum Gasteiger partial charge on any atom is 0.262 e. The SMILES string of the molecule is N[C@@H]1C[C@H]2CC[C@@H]1[C@@H](Nc1ccc3c(c1)C(=O)N(C1CCC(=O)NC1=O)C3=O)C2. The van der Waals surface area contributed by atoms with E-state index in [-0.39, 0.29) is 30.8 Å². The molecule has 6 rings (SSSR count). The Bertz CT molecular complexity index is 929. The number of carbonyl (C=O) groups is 4. The van der Waals surface area contributed by atoms with Gasteiger partial charge in [0.15, 0.2) is 0 Å². The fourth-order valence-electron chi connectivity index (χ4n) is 5.51. The van der Waals surface area contributed by atoms with Crippen LogP contribution in [0.5, 0.6) is 0 Å². The lowest BCUT2D eigenvalue weighted by Crippen LogP contribution is -2.54. The van der Waals surface area contributed by atoms with Crippen molar-refractivity contribution in [2.45, 2.75) is 56.7 Å². The highest BCUT2D eigenvalue weighted by atomic mass is 16.2. The predicted octanol–water partition coefficient (Wildman–Crippen LogP) is 1.02. The summed E-state index contributed by atoms with van der Waals surface area (Å²) in [5, 5.41) is 5.74. The number of nitrogens with two attached hydrogens (primary N) is 1. The highest BCUT2D eigenvalue weighted by Crippen LogP contribution is 2.42. The zero-order valence-electron chi connectivity index (χ0n) is 16.0. The summed E-state index contributed by atoms with van der Waals surface area (Å²) in [7, 11) is 0. The fourth-order valence-corrected chi connectivity index (χ4v) is 5.51. The first-order valence-corrected chi connectivity index (χ1v) is 10.3. The predicted molar refractivity (Wildman–Crippen MR) is 104 cm³/mol. The summed E-state index contributed by atoms with van der Waals surface area (Å²) < 4.78 is 0. The Labute approximate surface area is 168 Å². The highest BCUT2D eigenvalue weighted by molar-refractivity contribution is 6.23. The molecular formula is C21H24N4O4. The maximum atomic E-state index is 12.9. The number of carbonyl (C=O) groups excluding carboxylic acids is 4. The third-order valence-electron chi connectivity index (χ3n) is 6.96. The molecule has 8 heteroatoms. The first-order valence-electron chi connectivity index (χ1n) is 10.3. The largest absolute Gasteiger partial charge is 0.382 e. The van der Waals surface area contributed by atoms with Gasteiger partial charge in [0.05, 0.1) is 11.1 Å². The Morgan fingerprint density at radius 3 is 2.52 bits per heavy atom. The molecule has 8 nitrogen and oxygen atoms in total. The lowest BCUT2D eigenvalue weighted by atomic mass is 9.65. The van der Waals surface area contributed by atoms with E-state index in [1.165, 1.54) is 6.42 Å². The number of hydrogen-bond acceptors (Lipinski definition) is 6. The van der Waals surface area contributed by atoms with Crippen molar-refractivity contribution in [3.63, 3.8) is 0 Å². The number of piperidine rings is 1. The number of nitrogens with zero attached hydrogens (tertiary/aromatic N) is 1. The molecule has 0 spiro atoms. The smallest absolute Gasteiger partial charge is 0.262 e. The maximum absolute atomic E-state index is 12.9. The molecule has 5 atom stereocenters. The van der Waals surface area contributed by atoms with E-state index in [0.29, 0.717) is 23.0 Å². The summed E-state index contributed by atoms with van der Waals surface area (Å²) >= 11 is 0. The summed E-state index contributed by atoms with van der Waals surface area (Å²) in [5.41, 5.74) is 7.70. The number of rotatable bonds is 3. The molecule has 2 bridgehead atoms. The number of hydrogen-bond donors (Lipinski definition) is 3. The second-order valence-electron chi connectivity index (χ2n) is 8.70. The summed E-state index contributed by atoms with van der Waals surface area (Å²) in [6, 6.07) is 4.70. The Morgan fingerprint density at radius 1 is 1.00 bits per heavy atom. The molecular weight excluding hydrogens is 372 g/mol. The molecule has 1 saturated heterocycles. The van der Waals surface area contributed by atoms with Crippen LogP contribution in [0.25, 0.3) is 0 Å². The molecule has 152 valence electrons. The minimum atomic E-state index is -0.941. The number of anilines is 1. The molecule has 1 unspecified atom stereocenters. The van der Waals surface area contributed by atoms with E-state index in [1.807, 2.05) is 6.07 Å². The van der Waals surface area contributed by atoms with Crippen molar-refractivity contribution in [3.05, 3.63) is 29.3 Å². The lowest BCUT2D eigenvalue weighted by Gasteiger charge is -2.46. The molecule has 0 radical (unpaired) electrons. The van der Waals surface area contributed by atoms with E-state index in [2.05, 4.69) is 10.6 Å². The van der Waals surface area contributed by atoms with Crippen molar-refractivity contribution in [1.82, 2.24) is 10.2 Å². The van der Waals surface area contributed by atoms with Crippen LogP contribution in [0.1, 0.15) is 59.2 Å². The molecule has 2 heterocycles. The van der Waals surface area contributed by atoms with Gasteiger partial charge in [-0.05, 0) is 62.1 Å². The van der Waals surface area contributed by atoms with Crippen LogP contribution in [0.4, 0.5) is 5.69 Å². The number of fused-ring (bicyclic) bond motifs is 4. The Balaban J connectivity index is 1.37. The second-order valence-corrected chi connectivity index (χ2v) is 8.70. The minimum absolute atomic E-state index is 0.112. The van der Waals surface area contributed by atoms with Crippen LogP contribution < -0.4 is 16.4 Å². The van der Waals surface area contributed by atoms with Crippen LogP contribution in [-0.2, 0) is 9.59 Å². The lowest BCUT2D eigenvalue weighted by molar-refractivity contribution is -0.136. The summed E-state index contributed by atoms with van der Waals surface area (Å²) in [6.45, 7) is 0. The molecule has 0 aromatic heterocycles. The molecule has 2 aliphatic heterocycles. The van der Waals surface area contributed by atoms with E-state index in [0.717, 1.165) is 29.8 Å². The topological polar surface area (TPSA) is 122 Å². The van der Waals surface area contributed by atoms with E-state index < -0.39 is 23.8 Å². The van der Waals surface area contributed by atoms with Crippen LogP contribution in [0.2, 0.25) is 0 Å². The second kappa shape index (κ2) is 6.66. The minimum Gasteiger partial charge on any atom is -0.382 e. The third-order valence-corrected chi connectivity index (χ3v) is 6.96. The van der Waals surface area contributed by atoms with Crippen LogP contribution >= 0.6 is 0 Å².